The summed E-state index contributed by atoms with van der Waals surface area (Å²) < 4.78 is 19.9. The fraction of sp³-hybridized carbons (Fsp3) is 0.250. The lowest BCUT2D eigenvalue weighted by Crippen LogP contribution is -2.14. The van der Waals surface area contributed by atoms with Crippen molar-refractivity contribution in [1.29, 1.82) is 0 Å². The number of hydrogen-bond donors (Lipinski definition) is 1. The van der Waals surface area contributed by atoms with E-state index in [1.165, 1.54) is 12.1 Å². The van der Waals surface area contributed by atoms with Crippen molar-refractivity contribution in [3.05, 3.63) is 57.3 Å². The number of hydrogen-bond acceptors (Lipinski definition) is 2. The average Bonchev–Trinajstić information content (AvgIpc) is 2.46. The Labute approximate surface area is 137 Å². The smallest absolute Gasteiger partial charge is 0.144 e. The van der Waals surface area contributed by atoms with Gasteiger partial charge < -0.3 is 10.1 Å². The minimum Gasteiger partial charge on any atom is -0.456 e. The third-order valence-electron chi connectivity index (χ3n) is 2.88. The molecular formula is C16H16BrClFNO. The Morgan fingerprint density at radius 3 is 2.76 bits per heavy atom. The van der Waals surface area contributed by atoms with Crippen LogP contribution in [-0.4, -0.2) is 6.54 Å². The van der Waals surface area contributed by atoms with Crippen LogP contribution in [0.3, 0.4) is 0 Å². The quantitative estimate of drug-likeness (QED) is 0.673. The van der Waals surface area contributed by atoms with Gasteiger partial charge in [-0.3, -0.25) is 0 Å². The third-order valence-corrected chi connectivity index (χ3v) is 3.77. The van der Waals surface area contributed by atoms with E-state index in [0.29, 0.717) is 27.5 Å². The van der Waals surface area contributed by atoms with Crippen molar-refractivity contribution in [1.82, 2.24) is 5.32 Å². The molecule has 2 aromatic rings. The van der Waals surface area contributed by atoms with Crippen molar-refractivity contribution in [2.75, 3.05) is 6.54 Å². The van der Waals surface area contributed by atoms with E-state index < -0.39 is 0 Å². The molecule has 2 aromatic carbocycles. The maximum absolute atomic E-state index is 13.3. The van der Waals surface area contributed by atoms with Crippen LogP contribution in [0.5, 0.6) is 11.5 Å². The molecule has 0 aliphatic carbocycles. The Balaban J connectivity index is 2.24. The van der Waals surface area contributed by atoms with Gasteiger partial charge in [0.25, 0.3) is 0 Å². The molecule has 0 radical (unpaired) electrons. The monoisotopic (exact) mass is 371 g/mol. The Bertz CT molecular complexity index is 621. The maximum atomic E-state index is 13.3. The predicted molar refractivity (Wildman–Crippen MR) is 87.6 cm³/mol. The summed E-state index contributed by atoms with van der Waals surface area (Å²) in [5.74, 6) is 0.760. The Morgan fingerprint density at radius 2 is 2.00 bits per heavy atom. The van der Waals surface area contributed by atoms with Crippen LogP contribution < -0.4 is 10.1 Å². The summed E-state index contributed by atoms with van der Waals surface area (Å²) in [6.45, 7) is 3.67. The largest absolute Gasteiger partial charge is 0.456 e. The standard InChI is InChI=1S/C16H16BrClFNO/c1-2-7-20-10-11-8-12(18)3-6-15(11)21-16-9-13(19)4-5-14(16)17/h3-6,8-9,20H,2,7,10H2,1H3. The number of rotatable bonds is 6. The van der Waals surface area contributed by atoms with Crippen molar-refractivity contribution < 1.29 is 9.13 Å². The van der Waals surface area contributed by atoms with Crippen LogP contribution >= 0.6 is 27.5 Å². The average molecular weight is 373 g/mol. The molecule has 5 heteroatoms. The van der Waals surface area contributed by atoms with Crippen molar-refractivity contribution in [2.24, 2.45) is 0 Å². The summed E-state index contributed by atoms with van der Waals surface area (Å²) in [7, 11) is 0. The van der Waals surface area contributed by atoms with Crippen LogP contribution in [0.4, 0.5) is 4.39 Å². The molecule has 0 saturated carbocycles. The highest BCUT2D eigenvalue weighted by Gasteiger charge is 2.09. The molecule has 112 valence electrons. The van der Waals surface area contributed by atoms with Gasteiger partial charge in [-0.05, 0) is 59.2 Å². The molecule has 2 rings (SSSR count). The van der Waals surface area contributed by atoms with Crippen LogP contribution in [0.2, 0.25) is 5.02 Å². The SMILES string of the molecule is CCCNCc1cc(Cl)ccc1Oc1cc(F)ccc1Br. The molecule has 0 atom stereocenters. The molecule has 0 bridgehead atoms. The Morgan fingerprint density at radius 1 is 1.19 bits per heavy atom. The molecule has 0 aromatic heterocycles. The Kier molecular flexibility index (Phi) is 6.03. The summed E-state index contributed by atoms with van der Waals surface area (Å²) in [4.78, 5) is 0. The van der Waals surface area contributed by atoms with E-state index in [2.05, 4.69) is 28.2 Å². The van der Waals surface area contributed by atoms with Crippen LogP contribution in [0.1, 0.15) is 18.9 Å². The molecule has 1 N–H and O–H groups in total. The molecule has 0 spiro atoms. The second-order valence-corrected chi connectivity index (χ2v) is 5.90. The molecule has 2 nitrogen and oxygen atoms in total. The molecular weight excluding hydrogens is 357 g/mol. The number of halogens is 3. The highest BCUT2D eigenvalue weighted by Crippen LogP contribution is 2.33. The first-order valence-corrected chi connectivity index (χ1v) is 7.89. The van der Waals surface area contributed by atoms with Gasteiger partial charge in [-0.1, -0.05) is 18.5 Å². The van der Waals surface area contributed by atoms with Crippen LogP contribution in [-0.2, 0) is 6.54 Å². The first kappa shape index (κ1) is 16.3. The van der Waals surface area contributed by atoms with Gasteiger partial charge in [-0.15, -0.1) is 0 Å². The van der Waals surface area contributed by atoms with E-state index in [4.69, 9.17) is 16.3 Å². The van der Waals surface area contributed by atoms with E-state index in [1.54, 1.807) is 18.2 Å². The van der Waals surface area contributed by atoms with E-state index in [9.17, 15) is 4.39 Å². The first-order valence-electron chi connectivity index (χ1n) is 6.72. The van der Waals surface area contributed by atoms with E-state index in [-0.39, 0.29) is 5.82 Å². The highest BCUT2D eigenvalue weighted by atomic mass is 79.9. The minimum absolute atomic E-state index is 0.340. The topological polar surface area (TPSA) is 21.3 Å². The molecule has 0 aliphatic heterocycles. The van der Waals surface area contributed by atoms with E-state index >= 15 is 0 Å². The van der Waals surface area contributed by atoms with Crippen LogP contribution in [0.15, 0.2) is 40.9 Å². The minimum atomic E-state index is -0.340. The fourth-order valence-electron chi connectivity index (χ4n) is 1.86. The van der Waals surface area contributed by atoms with Gasteiger partial charge in [0.1, 0.15) is 17.3 Å². The van der Waals surface area contributed by atoms with Gasteiger partial charge in [0, 0.05) is 23.2 Å². The third kappa shape index (κ3) is 4.70. The molecule has 0 saturated heterocycles. The summed E-state index contributed by atoms with van der Waals surface area (Å²) in [6.07, 6.45) is 1.05. The molecule has 0 aliphatic rings. The van der Waals surface area contributed by atoms with Gasteiger partial charge in [0.05, 0.1) is 4.47 Å². The van der Waals surface area contributed by atoms with Crippen LogP contribution in [0.25, 0.3) is 0 Å². The zero-order chi connectivity index (χ0) is 15.2. The molecule has 0 amide bonds. The Hall–Kier alpha value is -1.10. The molecule has 0 fully saturated rings. The van der Waals surface area contributed by atoms with Gasteiger partial charge in [-0.2, -0.15) is 0 Å². The number of ether oxygens (including phenoxy) is 1. The predicted octanol–water partition coefficient (Wildman–Crippen LogP) is 5.53. The lowest BCUT2D eigenvalue weighted by atomic mass is 10.2. The summed E-state index contributed by atoms with van der Waals surface area (Å²) in [5.41, 5.74) is 0.937. The van der Waals surface area contributed by atoms with Gasteiger partial charge >= 0.3 is 0 Å². The first-order chi connectivity index (χ1) is 10.1. The van der Waals surface area contributed by atoms with Gasteiger partial charge in [0.15, 0.2) is 0 Å². The zero-order valence-electron chi connectivity index (χ0n) is 11.6. The van der Waals surface area contributed by atoms with Crippen molar-refractivity contribution >= 4 is 27.5 Å². The van der Waals surface area contributed by atoms with Gasteiger partial charge in [-0.25, -0.2) is 4.39 Å². The normalized spacial score (nSPS) is 10.7. The lowest BCUT2D eigenvalue weighted by Gasteiger charge is -2.13. The van der Waals surface area contributed by atoms with E-state index in [1.807, 2.05) is 6.07 Å². The summed E-state index contributed by atoms with van der Waals surface area (Å²) >= 11 is 9.39. The number of benzene rings is 2. The van der Waals surface area contributed by atoms with Gasteiger partial charge in [0.2, 0.25) is 0 Å². The van der Waals surface area contributed by atoms with E-state index in [0.717, 1.165) is 18.5 Å². The summed E-state index contributed by atoms with van der Waals surface area (Å²) in [5, 5.41) is 3.95. The second-order valence-electron chi connectivity index (χ2n) is 4.61. The fourth-order valence-corrected chi connectivity index (χ4v) is 2.38. The molecule has 0 unspecified atom stereocenters. The highest BCUT2D eigenvalue weighted by molar-refractivity contribution is 9.10. The lowest BCUT2D eigenvalue weighted by molar-refractivity contribution is 0.464. The van der Waals surface area contributed by atoms with Crippen LogP contribution in [0, 0.1) is 5.82 Å². The van der Waals surface area contributed by atoms with Crippen molar-refractivity contribution in [2.45, 2.75) is 19.9 Å². The number of nitrogens with one attached hydrogen (secondary N) is 1. The van der Waals surface area contributed by atoms with Crippen molar-refractivity contribution in [3.8, 4) is 11.5 Å². The maximum Gasteiger partial charge on any atom is 0.144 e. The zero-order valence-corrected chi connectivity index (χ0v) is 14.0. The molecule has 21 heavy (non-hydrogen) atoms. The molecule has 0 heterocycles. The van der Waals surface area contributed by atoms with Crippen molar-refractivity contribution in [3.63, 3.8) is 0 Å². The summed E-state index contributed by atoms with van der Waals surface area (Å²) in [6, 6.07) is 9.75. The second kappa shape index (κ2) is 7.78.